The molecule has 0 aliphatic carbocycles. The van der Waals surface area contributed by atoms with Gasteiger partial charge in [0, 0.05) is 26.9 Å². The van der Waals surface area contributed by atoms with Crippen LogP contribution >= 0.6 is 11.8 Å². The number of benzene rings is 4. The topological polar surface area (TPSA) is 12.9 Å². The Morgan fingerprint density at radius 3 is 2.41 bits per heavy atom. The molecular formula is C29H22F3NS. The van der Waals surface area contributed by atoms with Crippen molar-refractivity contribution in [1.29, 1.82) is 0 Å². The number of rotatable bonds is 2. The van der Waals surface area contributed by atoms with Crippen LogP contribution in [0.1, 0.15) is 25.0 Å². The summed E-state index contributed by atoms with van der Waals surface area (Å²) in [5.74, 6) is 0. The van der Waals surface area contributed by atoms with Crippen molar-refractivity contribution < 1.29 is 13.2 Å². The molecule has 34 heavy (non-hydrogen) atoms. The monoisotopic (exact) mass is 473 g/mol. The molecule has 2 heterocycles. The van der Waals surface area contributed by atoms with E-state index in [1.165, 1.54) is 35.1 Å². The molecule has 0 bridgehead atoms. The summed E-state index contributed by atoms with van der Waals surface area (Å²) in [4.78, 5) is 7.14. The zero-order chi connectivity index (χ0) is 23.8. The summed E-state index contributed by atoms with van der Waals surface area (Å²) in [5.41, 5.74) is 2.20. The van der Waals surface area contributed by atoms with Crippen molar-refractivity contribution in [3.8, 4) is 11.3 Å². The van der Waals surface area contributed by atoms with Crippen molar-refractivity contribution in [2.75, 3.05) is 0 Å². The number of pyridine rings is 1. The molecule has 0 fully saturated rings. The molecule has 0 saturated carbocycles. The van der Waals surface area contributed by atoms with Gasteiger partial charge < -0.3 is 0 Å². The maximum Gasteiger partial charge on any atom is 0.394 e. The highest BCUT2D eigenvalue weighted by Gasteiger charge is 2.47. The first kappa shape index (κ1) is 21.5. The average molecular weight is 474 g/mol. The zero-order valence-electron chi connectivity index (χ0n) is 19.0. The number of fused-ring (bicyclic) bond motifs is 5. The Hall–Kier alpha value is -3.05. The van der Waals surface area contributed by atoms with Crippen LogP contribution in [0.3, 0.4) is 0 Å². The van der Waals surface area contributed by atoms with Crippen molar-refractivity contribution in [3.63, 3.8) is 0 Å². The van der Waals surface area contributed by atoms with Gasteiger partial charge in [0.15, 0.2) is 0 Å². The molecule has 0 radical (unpaired) electrons. The third kappa shape index (κ3) is 3.13. The van der Waals surface area contributed by atoms with E-state index in [4.69, 9.17) is 4.98 Å². The van der Waals surface area contributed by atoms with E-state index in [2.05, 4.69) is 37.3 Å². The van der Waals surface area contributed by atoms with Crippen molar-refractivity contribution in [2.24, 2.45) is 5.41 Å². The molecule has 1 aromatic heterocycles. The predicted octanol–water partition coefficient (Wildman–Crippen LogP) is 9.11. The Bertz CT molecular complexity index is 1630. The molecule has 6 rings (SSSR count). The number of hydrogen-bond acceptors (Lipinski definition) is 2. The lowest BCUT2D eigenvalue weighted by Crippen LogP contribution is -2.34. The van der Waals surface area contributed by atoms with Crippen LogP contribution in [0.5, 0.6) is 0 Å². The normalized spacial score (nSPS) is 13.6. The first-order valence-electron chi connectivity index (χ1n) is 11.3. The van der Waals surface area contributed by atoms with E-state index < -0.39 is 11.6 Å². The van der Waals surface area contributed by atoms with Gasteiger partial charge in [0.2, 0.25) is 0 Å². The molecule has 1 aliphatic rings. The summed E-state index contributed by atoms with van der Waals surface area (Å²) in [6.07, 6.45) is -2.50. The smallest absolute Gasteiger partial charge is 0.256 e. The highest BCUT2D eigenvalue weighted by atomic mass is 32.2. The molecule has 0 N–H and O–H groups in total. The fraction of sp³-hybridized carbons (Fsp3) is 0.207. The van der Waals surface area contributed by atoms with Gasteiger partial charge in [-0.3, -0.25) is 4.98 Å². The van der Waals surface area contributed by atoms with Crippen molar-refractivity contribution in [2.45, 2.75) is 43.2 Å². The van der Waals surface area contributed by atoms with E-state index in [0.29, 0.717) is 5.56 Å². The largest absolute Gasteiger partial charge is 0.394 e. The molecule has 170 valence electrons. The zero-order valence-corrected chi connectivity index (χ0v) is 19.9. The second-order valence-corrected chi connectivity index (χ2v) is 10.8. The summed E-state index contributed by atoms with van der Waals surface area (Å²) < 4.78 is 40.6. The van der Waals surface area contributed by atoms with E-state index >= 15 is 0 Å². The molecule has 0 amide bonds. The number of aromatic nitrogens is 1. The number of aryl methyl sites for hydroxylation is 1. The van der Waals surface area contributed by atoms with Crippen LogP contribution in [0, 0.1) is 12.3 Å². The summed E-state index contributed by atoms with van der Waals surface area (Å²) in [6.45, 7) is 4.69. The minimum Gasteiger partial charge on any atom is -0.256 e. The van der Waals surface area contributed by atoms with E-state index in [-0.39, 0.29) is 6.42 Å². The van der Waals surface area contributed by atoms with Crippen molar-refractivity contribution in [3.05, 3.63) is 78.0 Å². The highest BCUT2D eigenvalue weighted by Crippen LogP contribution is 2.51. The molecule has 1 aliphatic heterocycles. The molecule has 5 heteroatoms. The van der Waals surface area contributed by atoms with Gasteiger partial charge >= 0.3 is 6.18 Å². The second kappa shape index (κ2) is 7.22. The first-order valence-corrected chi connectivity index (χ1v) is 12.1. The van der Waals surface area contributed by atoms with Gasteiger partial charge in [-0.15, -0.1) is 0 Å². The summed E-state index contributed by atoms with van der Waals surface area (Å²) in [7, 11) is 0. The predicted molar refractivity (Wildman–Crippen MR) is 135 cm³/mol. The molecule has 4 aromatic carbocycles. The SMILES string of the molecule is Cc1c2c(cc3ccccc13)-c1nccc3c1c(cc1ccc(CC(C)(C)C(F)(F)F)cc13)S2. The van der Waals surface area contributed by atoms with Crippen LogP contribution in [0.15, 0.2) is 76.7 Å². The number of nitrogens with zero attached hydrogens (tertiary/aromatic N) is 1. The Morgan fingerprint density at radius 1 is 0.853 bits per heavy atom. The van der Waals surface area contributed by atoms with Gasteiger partial charge in [0.05, 0.1) is 11.1 Å². The van der Waals surface area contributed by atoms with Gasteiger partial charge in [0.25, 0.3) is 0 Å². The fourth-order valence-corrected chi connectivity index (χ4v) is 6.29. The van der Waals surface area contributed by atoms with E-state index in [1.54, 1.807) is 11.8 Å². The second-order valence-electron chi connectivity index (χ2n) is 9.77. The quantitative estimate of drug-likeness (QED) is 0.233. The summed E-state index contributed by atoms with van der Waals surface area (Å²) >= 11 is 1.76. The van der Waals surface area contributed by atoms with E-state index in [1.807, 2.05) is 36.5 Å². The minimum atomic E-state index is -4.26. The lowest BCUT2D eigenvalue weighted by atomic mass is 9.84. The summed E-state index contributed by atoms with van der Waals surface area (Å²) in [6, 6.07) is 20.5. The van der Waals surface area contributed by atoms with Crippen LogP contribution in [-0.2, 0) is 6.42 Å². The fourth-order valence-electron chi connectivity index (χ4n) is 5.04. The maximum absolute atomic E-state index is 13.5. The molecule has 0 spiro atoms. The van der Waals surface area contributed by atoms with Crippen molar-refractivity contribution in [1.82, 2.24) is 4.98 Å². The van der Waals surface area contributed by atoms with Gasteiger partial charge in [-0.25, -0.2) is 0 Å². The minimum absolute atomic E-state index is 0.0591. The third-order valence-corrected chi connectivity index (χ3v) is 8.29. The molecule has 0 unspecified atom stereocenters. The molecule has 0 atom stereocenters. The Kier molecular flexibility index (Phi) is 4.56. The highest BCUT2D eigenvalue weighted by molar-refractivity contribution is 8.00. The van der Waals surface area contributed by atoms with Crippen LogP contribution in [-0.4, -0.2) is 11.2 Å². The third-order valence-electron chi connectivity index (χ3n) is 7.02. The lowest BCUT2D eigenvalue weighted by molar-refractivity contribution is -0.211. The van der Waals surface area contributed by atoms with Crippen LogP contribution in [0.4, 0.5) is 13.2 Å². The van der Waals surface area contributed by atoms with Crippen molar-refractivity contribution >= 4 is 44.1 Å². The number of halogens is 3. The first-order chi connectivity index (χ1) is 16.1. The maximum atomic E-state index is 13.5. The standard InChI is InChI=1S/C29H22F3NS/c1-16-20-7-5-4-6-18(20)13-23-26-25-21(10-11-33-26)22-12-17(15-28(2,3)29(30,31)32)8-9-19(22)14-24(25)34-27(16)23/h4-14H,15H2,1-3H3. The average Bonchev–Trinajstić information content (AvgIpc) is 2.79. The number of hydrogen-bond donors (Lipinski definition) is 0. The van der Waals surface area contributed by atoms with Crippen LogP contribution in [0.25, 0.3) is 43.6 Å². The van der Waals surface area contributed by atoms with Gasteiger partial charge in [-0.1, -0.05) is 68.1 Å². The summed E-state index contributed by atoms with van der Waals surface area (Å²) in [5, 5.41) is 6.53. The van der Waals surface area contributed by atoms with Gasteiger partial charge in [0.1, 0.15) is 0 Å². The molecule has 0 saturated heterocycles. The Morgan fingerprint density at radius 2 is 1.62 bits per heavy atom. The molecule has 1 nitrogen and oxygen atoms in total. The molecular weight excluding hydrogens is 451 g/mol. The van der Waals surface area contributed by atoms with Crippen LogP contribution < -0.4 is 0 Å². The number of alkyl halides is 3. The van der Waals surface area contributed by atoms with E-state index in [0.717, 1.165) is 37.7 Å². The van der Waals surface area contributed by atoms with Crippen LogP contribution in [0.2, 0.25) is 0 Å². The Balaban J connectivity index is 1.59. The van der Waals surface area contributed by atoms with Gasteiger partial charge in [-0.2, -0.15) is 13.2 Å². The molecule has 5 aromatic rings. The van der Waals surface area contributed by atoms with E-state index in [9.17, 15) is 13.2 Å². The Labute approximate surface area is 200 Å². The van der Waals surface area contributed by atoms with Gasteiger partial charge in [-0.05, 0) is 69.6 Å². The lowest BCUT2D eigenvalue weighted by Gasteiger charge is -2.28.